The van der Waals surface area contributed by atoms with Crippen molar-refractivity contribution in [1.82, 2.24) is 30.1 Å². The van der Waals surface area contributed by atoms with Crippen LogP contribution in [-0.2, 0) is 6.42 Å². The standard InChI is InChI=1S/C31H22FN7S/c1-18(9-19-5-3-2-4-6-19)36-21-10-20(13-33-14-21)25-12-23-28(17-35-25)38-39-31(23)26-11-22-24(15-34-16-27(22)37-26)29-7-8-30(32)40-29/h2-8,10-17,36-37H,1,9H2,(H,38,39). The number of hydrogen-bond acceptors (Lipinski definition) is 6. The summed E-state index contributed by atoms with van der Waals surface area (Å²) in [5.41, 5.74) is 8.68. The number of H-pyrrole nitrogens is 2. The number of anilines is 1. The minimum atomic E-state index is -0.227. The van der Waals surface area contributed by atoms with Gasteiger partial charge in [0, 0.05) is 51.3 Å². The van der Waals surface area contributed by atoms with Crippen molar-refractivity contribution in [3.05, 3.63) is 115 Å². The SMILES string of the molecule is C=C(Cc1ccccc1)Nc1cncc(-c2cc3c(-c4cc5c(-c6ccc(F)s6)cncc5[nH]4)n[nH]c3cn2)c1. The molecule has 0 saturated heterocycles. The Hall–Kier alpha value is -5.15. The Kier molecular flexibility index (Phi) is 5.90. The average Bonchev–Trinajstić information content (AvgIpc) is 3.71. The van der Waals surface area contributed by atoms with Gasteiger partial charge < -0.3 is 10.3 Å². The summed E-state index contributed by atoms with van der Waals surface area (Å²) in [7, 11) is 0. The third kappa shape index (κ3) is 4.52. The number of fused-ring (bicyclic) bond motifs is 2. The number of nitrogens with zero attached hydrogens (tertiary/aromatic N) is 4. The van der Waals surface area contributed by atoms with Crippen LogP contribution in [0.1, 0.15) is 5.56 Å². The van der Waals surface area contributed by atoms with Crippen LogP contribution in [0.25, 0.3) is 54.9 Å². The fourth-order valence-corrected chi connectivity index (χ4v) is 5.61. The molecule has 0 aliphatic rings. The lowest BCUT2D eigenvalue weighted by Gasteiger charge is -2.11. The molecule has 0 spiro atoms. The van der Waals surface area contributed by atoms with Crippen LogP contribution in [0, 0.1) is 5.13 Å². The first-order valence-corrected chi connectivity index (χ1v) is 13.4. The van der Waals surface area contributed by atoms with E-state index in [4.69, 9.17) is 0 Å². The first-order valence-electron chi connectivity index (χ1n) is 12.6. The number of aromatic nitrogens is 6. The van der Waals surface area contributed by atoms with Crippen LogP contribution in [0.4, 0.5) is 10.1 Å². The highest BCUT2D eigenvalue weighted by atomic mass is 32.1. The Labute approximate surface area is 232 Å². The van der Waals surface area contributed by atoms with E-state index >= 15 is 0 Å². The third-order valence-electron chi connectivity index (χ3n) is 6.70. The molecule has 7 aromatic rings. The van der Waals surface area contributed by atoms with Gasteiger partial charge in [0.15, 0.2) is 5.13 Å². The van der Waals surface area contributed by atoms with Crippen LogP contribution in [0.5, 0.6) is 0 Å². The topological polar surface area (TPSA) is 95.2 Å². The predicted molar refractivity (Wildman–Crippen MR) is 158 cm³/mol. The zero-order valence-corrected chi connectivity index (χ0v) is 22.0. The molecule has 6 aromatic heterocycles. The molecule has 9 heteroatoms. The van der Waals surface area contributed by atoms with E-state index in [1.165, 1.54) is 11.6 Å². The molecule has 3 N–H and O–H groups in total. The van der Waals surface area contributed by atoms with Gasteiger partial charge in [0.1, 0.15) is 5.69 Å². The van der Waals surface area contributed by atoms with E-state index in [1.54, 1.807) is 37.1 Å². The summed E-state index contributed by atoms with van der Waals surface area (Å²) in [6.45, 7) is 4.18. The molecule has 0 amide bonds. The smallest absolute Gasteiger partial charge is 0.176 e. The second-order valence-corrected chi connectivity index (χ2v) is 10.5. The van der Waals surface area contributed by atoms with Crippen LogP contribution in [-0.4, -0.2) is 30.1 Å². The molecular weight excluding hydrogens is 521 g/mol. The Morgan fingerprint density at radius 3 is 2.62 bits per heavy atom. The normalized spacial score (nSPS) is 11.3. The second kappa shape index (κ2) is 9.87. The number of allylic oxidation sites excluding steroid dienone is 1. The number of aromatic amines is 2. The molecule has 0 unspecified atom stereocenters. The van der Waals surface area contributed by atoms with Crippen molar-refractivity contribution < 1.29 is 4.39 Å². The van der Waals surface area contributed by atoms with E-state index in [-0.39, 0.29) is 5.13 Å². The van der Waals surface area contributed by atoms with E-state index in [1.807, 2.05) is 36.4 Å². The van der Waals surface area contributed by atoms with Gasteiger partial charge in [0.25, 0.3) is 0 Å². The quantitative estimate of drug-likeness (QED) is 0.192. The van der Waals surface area contributed by atoms with Crippen molar-refractivity contribution in [3.8, 4) is 33.1 Å². The van der Waals surface area contributed by atoms with E-state index in [9.17, 15) is 4.39 Å². The molecule has 0 bridgehead atoms. The van der Waals surface area contributed by atoms with Crippen molar-refractivity contribution in [2.45, 2.75) is 6.42 Å². The van der Waals surface area contributed by atoms with Gasteiger partial charge in [-0.1, -0.05) is 36.9 Å². The summed E-state index contributed by atoms with van der Waals surface area (Å²) in [5, 5.41) is 12.7. The fourth-order valence-electron chi connectivity index (χ4n) is 4.85. The zero-order chi connectivity index (χ0) is 27.1. The highest BCUT2D eigenvalue weighted by Crippen LogP contribution is 2.36. The van der Waals surface area contributed by atoms with E-state index in [2.05, 4.69) is 54.2 Å². The molecule has 7 nitrogen and oxygen atoms in total. The lowest BCUT2D eigenvalue weighted by atomic mass is 10.1. The number of pyridine rings is 3. The van der Waals surface area contributed by atoms with Gasteiger partial charge in [-0.15, -0.1) is 11.3 Å². The monoisotopic (exact) mass is 543 g/mol. The van der Waals surface area contributed by atoms with Gasteiger partial charge in [0.05, 0.1) is 46.7 Å². The first kappa shape index (κ1) is 23.9. The molecule has 0 aliphatic carbocycles. The van der Waals surface area contributed by atoms with E-state index in [0.29, 0.717) is 0 Å². The van der Waals surface area contributed by atoms with Crippen molar-refractivity contribution in [2.75, 3.05) is 5.32 Å². The lowest BCUT2D eigenvalue weighted by molar-refractivity contribution is 0.657. The molecule has 0 fully saturated rings. The first-order chi connectivity index (χ1) is 19.6. The molecule has 40 heavy (non-hydrogen) atoms. The number of halogens is 1. The van der Waals surface area contributed by atoms with Gasteiger partial charge in [-0.2, -0.15) is 9.49 Å². The molecule has 194 valence electrons. The predicted octanol–water partition coefficient (Wildman–Crippen LogP) is 7.60. The maximum atomic E-state index is 13.7. The maximum Gasteiger partial charge on any atom is 0.176 e. The van der Waals surface area contributed by atoms with Crippen molar-refractivity contribution in [2.24, 2.45) is 0 Å². The molecule has 6 heterocycles. The second-order valence-electron chi connectivity index (χ2n) is 9.48. The molecule has 0 saturated carbocycles. The minimum Gasteiger partial charge on any atom is -0.358 e. The Morgan fingerprint density at radius 1 is 0.900 bits per heavy atom. The van der Waals surface area contributed by atoms with Gasteiger partial charge in [-0.25, -0.2) is 0 Å². The van der Waals surface area contributed by atoms with Crippen LogP contribution in [0.15, 0.2) is 104 Å². The fraction of sp³-hybridized carbons (Fsp3) is 0.0323. The van der Waals surface area contributed by atoms with Gasteiger partial charge in [0.2, 0.25) is 0 Å². The number of rotatable bonds is 7. The summed E-state index contributed by atoms with van der Waals surface area (Å²) >= 11 is 1.10. The van der Waals surface area contributed by atoms with Crippen LogP contribution < -0.4 is 5.32 Å². The summed E-state index contributed by atoms with van der Waals surface area (Å²) in [6, 6.07) is 19.5. The molecule has 0 atom stereocenters. The van der Waals surface area contributed by atoms with Gasteiger partial charge in [-0.05, 0) is 35.9 Å². The Bertz CT molecular complexity index is 2010. The highest BCUT2D eigenvalue weighted by Gasteiger charge is 2.16. The van der Waals surface area contributed by atoms with Gasteiger partial charge >= 0.3 is 0 Å². The minimum absolute atomic E-state index is 0.227. The van der Waals surface area contributed by atoms with Crippen LogP contribution >= 0.6 is 11.3 Å². The number of benzene rings is 1. The van der Waals surface area contributed by atoms with Crippen LogP contribution in [0.2, 0.25) is 0 Å². The number of hydrogen-bond donors (Lipinski definition) is 3. The van der Waals surface area contributed by atoms with Crippen molar-refractivity contribution in [1.29, 1.82) is 0 Å². The lowest BCUT2D eigenvalue weighted by Crippen LogP contribution is -2.02. The molecule has 0 radical (unpaired) electrons. The summed E-state index contributed by atoms with van der Waals surface area (Å²) < 4.78 is 13.7. The summed E-state index contributed by atoms with van der Waals surface area (Å²) in [4.78, 5) is 17.7. The third-order valence-corrected chi connectivity index (χ3v) is 7.61. The van der Waals surface area contributed by atoms with E-state index in [0.717, 1.165) is 84.0 Å². The van der Waals surface area contributed by atoms with Crippen molar-refractivity contribution in [3.63, 3.8) is 0 Å². The molecule has 7 rings (SSSR count). The van der Waals surface area contributed by atoms with E-state index < -0.39 is 0 Å². The summed E-state index contributed by atoms with van der Waals surface area (Å²) in [5.74, 6) is 0. The largest absolute Gasteiger partial charge is 0.358 e. The highest BCUT2D eigenvalue weighted by molar-refractivity contribution is 7.14. The Balaban J connectivity index is 1.21. The molecule has 1 aromatic carbocycles. The average molecular weight is 544 g/mol. The van der Waals surface area contributed by atoms with Crippen LogP contribution in [0.3, 0.4) is 0 Å². The summed E-state index contributed by atoms with van der Waals surface area (Å²) in [6.07, 6.45) is 9.59. The number of thiophene rings is 1. The Morgan fingerprint density at radius 2 is 1.77 bits per heavy atom. The van der Waals surface area contributed by atoms with Gasteiger partial charge in [-0.3, -0.25) is 20.1 Å². The van der Waals surface area contributed by atoms with Crippen molar-refractivity contribution >= 4 is 38.8 Å². The number of nitrogens with one attached hydrogen (secondary N) is 3. The zero-order valence-electron chi connectivity index (χ0n) is 21.1. The molecule has 0 aliphatic heterocycles. The molecular formula is C31H22FN7S. The maximum absolute atomic E-state index is 13.7.